The molecular formula is C14H21NO2. The van der Waals surface area contributed by atoms with E-state index in [0.29, 0.717) is 12.4 Å². The molecule has 0 aromatic heterocycles. The van der Waals surface area contributed by atoms with Gasteiger partial charge in [0.05, 0.1) is 6.61 Å². The van der Waals surface area contributed by atoms with Crippen LogP contribution in [0.5, 0.6) is 11.5 Å². The summed E-state index contributed by atoms with van der Waals surface area (Å²) in [4.78, 5) is 0. The minimum absolute atomic E-state index is 0.185. The number of phenols is 1. The average Bonchev–Trinajstić information content (AvgIpc) is 3.01. The summed E-state index contributed by atoms with van der Waals surface area (Å²) in [5.41, 5.74) is 6.76. The predicted octanol–water partition coefficient (Wildman–Crippen LogP) is 2.56. The molecule has 1 aromatic carbocycles. The van der Waals surface area contributed by atoms with Gasteiger partial charge in [-0.1, -0.05) is 26.0 Å². The zero-order chi connectivity index (χ0) is 12.7. The fourth-order valence-corrected chi connectivity index (χ4v) is 2.33. The Morgan fingerprint density at radius 2 is 2.06 bits per heavy atom. The summed E-state index contributed by atoms with van der Waals surface area (Å²) in [6.07, 6.45) is 2.02. The molecule has 0 saturated heterocycles. The number of phenolic OH excluding ortho intramolecular Hbond substituents is 1. The van der Waals surface area contributed by atoms with E-state index in [1.54, 1.807) is 6.07 Å². The number of rotatable bonds is 4. The standard InChI is InChI=1S/C14H21NO2/c1-4-17-11-7-5-6-10(12(11)16)13(2,3)14(15)8-9-14/h5-7,16H,4,8-9,15H2,1-3H3. The molecule has 1 aliphatic rings. The lowest BCUT2D eigenvalue weighted by molar-refractivity contribution is 0.307. The van der Waals surface area contributed by atoms with Crippen LogP contribution in [0.3, 0.4) is 0 Å². The first-order valence-electron chi connectivity index (χ1n) is 6.16. The number of hydrogen-bond acceptors (Lipinski definition) is 3. The molecule has 94 valence electrons. The third-order valence-corrected chi connectivity index (χ3v) is 4.01. The van der Waals surface area contributed by atoms with E-state index >= 15 is 0 Å². The van der Waals surface area contributed by atoms with Crippen LogP contribution in [0.25, 0.3) is 0 Å². The zero-order valence-electron chi connectivity index (χ0n) is 10.8. The van der Waals surface area contributed by atoms with Gasteiger partial charge in [0.15, 0.2) is 11.5 Å². The van der Waals surface area contributed by atoms with Gasteiger partial charge in [-0.15, -0.1) is 0 Å². The van der Waals surface area contributed by atoms with Crippen molar-refractivity contribution in [1.29, 1.82) is 0 Å². The van der Waals surface area contributed by atoms with Crippen molar-refractivity contribution in [2.45, 2.75) is 44.6 Å². The fourth-order valence-electron chi connectivity index (χ4n) is 2.33. The zero-order valence-corrected chi connectivity index (χ0v) is 10.8. The Bertz CT molecular complexity index is 422. The molecule has 2 rings (SSSR count). The quantitative estimate of drug-likeness (QED) is 0.843. The molecule has 0 radical (unpaired) electrons. The Morgan fingerprint density at radius 3 is 2.59 bits per heavy atom. The van der Waals surface area contributed by atoms with Gasteiger partial charge in [-0.25, -0.2) is 0 Å². The number of para-hydroxylation sites is 1. The Hall–Kier alpha value is -1.22. The van der Waals surface area contributed by atoms with Crippen LogP contribution in [0, 0.1) is 0 Å². The van der Waals surface area contributed by atoms with Crippen molar-refractivity contribution < 1.29 is 9.84 Å². The number of aromatic hydroxyl groups is 1. The molecule has 17 heavy (non-hydrogen) atoms. The fraction of sp³-hybridized carbons (Fsp3) is 0.571. The summed E-state index contributed by atoms with van der Waals surface area (Å²) in [5, 5.41) is 10.3. The first-order valence-corrected chi connectivity index (χ1v) is 6.16. The summed E-state index contributed by atoms with van der Waals surface area (Å²) in [6, 6.07) is 5.63. The van der Waals surface area contributed by atoms with Gasteiger partial charge >= 0.3 is 0 Å². The van der Waals surface area contributed by atoms with E-state index in [1.807, 2.05) is 19.1 Å². The lowest BCUT2D eigenvalue weighted by Crippen LogP contribution is -2.43. The van der Waals surface area contributed by atoms with Gasteiger partial charge in [0.25, 0.3) is 0 Å². The van der Waals surface area contributed by atoms with E-state index in [1.165, 1.54) is 0 Å². The highest BCUT2D eigenvalue weighted by Gasteiger charge is 2.52. The summed E-state index contributed by atoms with van der Waals surface area (Å²) in [5.74, 6) is 0.776. The normalized spacial score (nSPS) is 17.9. The Kier molecular flexibility index (Phi) is 2.82. The number of nitrogens with two attached hydrogens (primary N) is 1. The van der Waals surface area contributed by atoms with Gasteiger partial charge in [-0.2, -0.15) is 0 Å². The SMILES string of the molecule is CCOc1cccc(C(C)(C)C2(N)CC2)c1O. The molecule has 0 amide bonds. The lowest BCUT2D eigenvalue weighted by Gasteiger charge is -2.33. The molecule has 0 spiro atoms. The Balaban J connectivity index is 2.42. The molecule has 1 aliphatic carbocycles. The van der Waals surface area contributed by atoms with E-state index in [-0.39, 0.29) is 16.7 Å². The molecule has 0 bridgehead atoms. The van der Waals surface area contributed by atoms with Crippen LogP contribution in [0.1, 0.15) is 39.2 Å². The molecular weight excluding hydrogens is 214 g/mol. The van der Waals surface area contributed by atoms with E-state index in [0.717, 1.165) is 18.4 Å². The molecule has 0 unspecified atom stereocenters. The topological polar surface area (TPSA) is 55.5 Å². The lowest BCUT2D eigenvalue weighted by atomic mass is 9.75. The summed E-state index contributed by atoms with van der Waals surface area (Å²) in [7, 11) is 0. The molecule has 1 saturated carbocycles. The van der Waals surface area contributed by atoms with Crippen LogP contribution in [0.15, 0.2) is 18.2 Å². The second-order valence-electron chi connectivity index (χ2n) is 5.37. The maximum Gasteiger partial charge on any atom is 0.161 e. The molecule has 3 heteroatoms. The summed E-state index contributed by atoms with van der Waals surface area (Å²) >= 11 is 0. The number of benzene rings is 1. The molecule has 3 nitrogen and oxygen atoms in total. The second kappa shape index (κ2) is 3.91. The highest BCUT2D eigenvalue weighted by molar-refractivity contribution is 5.51. The van der Waals surface area contributed by atoms with Gasteiger partial charge in [-0.3, -0.25) is 0 Å². The van der Waals surface area contributed by atoms with Crippen molar-refractivity contribution in [3.8, 4) is 11.5 Å². The maximum absolute atomic E-state index is 10.3. The van der Waals surface area contributed by atoms with Gasteiger partial charge < -0.3 is 15.6 Å². The Morgan fingerprint density at radius 1 is 1.41 bits per heavy atom. The van der Waals surface area contributed by atoms with Crippen LogP contribution in [-0.2, 0) is 5.41 Å². The smallest absolute Gasteiger partial charge is 0.161 e. The molecule has 0 atom stereocenters. The van der Waals surface area contributed by atoms with E-state index in [9.17, 15) is 5.11 Å². The molecule has 3 N–H and O–H groups in total. The minimum Gasteiger partial charge on any atom is -0.504 e. The summed E-state index contributed by atoms with van der Waals surface area (Å²) in [6.45, 7) is 6.63. The van der Waals surface area contributed by atoms with E-state index < -0.39 is 0 Å². The molecule has 0 aliphatic heterocycles. The maximum atomic E-state index is 10.3. The average molecular weight is 235 g/mol. The number of ether oxygens (including phenoxy) is 1. The highest BCUT2D eigenvalue weighted by Crippen LogP contribution is 2.52. The van der Waals surface area contributed by atoms with E-state index in [2.05, 4.69) is 13.8 Å². The second-order valence-corrected chi connectivity index (χ2v) is 5.37. The van der Waals surface area contributed by atoms with Crippen LogP contribution >= 0.6 is 0 Å². The van der Waals surface area contributed by atoms with Gasteiger partial charge in [0.1, 0.15) is 0 Å². The van der Waals surface area contributed by atoms with Gasteiger partial charge in [0.2, 0.25) is 0 Å². The van der Waals surface area contributed by atoms with Crippen molar-refractivity contribution in [3.05, 3.63) is 23.8 Å². The van der Waals surface area contributed by atoms with Crippen LogP contribution < -0.4 is 10.5 Å². The molecule has 1 fully saturated rings. The molecule has 0 heterocycles. The third-order valence-electron chi connectivity index (χ3n) is 4.01. The number of hydrogen-bond donors (Lipinski definition) is 2. The predicted molar refractivity (Wildman–Crippen MR) is 68.5 cm³/mol. The first kappa shape index (κ1) is 12.2. The van der Waals surface area contributed by atoms with Crippen molar-refractivity contribution in [2.75, 3.05) is 6.61 Å². The van der Waals surface area contributed by atoms with Crippen LogP contribution in [0.4, 0.5) is 0 Å². The summed E-state index contributed by atoms with van der Waals surface area (Å²) < 4.78 is 5.41. The van der Waals surface area contributed by atoms with Crippen molar-refractivity contribution >= 4 is 0 Å². The van der Waals surface area contributed by atoms with Crippen molar-refractivity contribution in [3.63, 3.8) is 0 Å². The van der Waals surface area contributed by atoms with Gasteiger partial charge in [0, 0.05) is 16.5 Å². The van der Waals surface area contributed by atoms with Crippen molar-refractivity contribution in [2.24, 2.45) is 5.73 Å². The van der Waals surface area contributed by atoms with Crippen LogP contribution in [-0.4, -0.2) is 17.3 Å². The van der Waals surface area contributed by atoms with Crippen molar-refractivity contribution in [1.82, 2.24) is 0 Å². The first-order chi connectivity index (χ1) is 7.92. The third kappa shape index (κ3) is 1.89. The Labute approximate surface area is 103 Å². The monoisotopic (exact) mass is 235 g/mol. The highest BCUT2D eigenvalue weighted by atomic mass is 16.5. The van der Waals surface area contributed by atoms with Crippen LogP contribution in [0.2, 0.25) is 0 Å². The van der Waals surface area contributed by atoms with E-state index in [4.69, 9.17) is 10.5 Å². The molecule has 1 aromatic rings. The minimum atomic E-state index is -0.232. The van der Waals surface area contributed by atoms with Gasteiger partial charge in [-0.05, 0) is 25.8 Å². The largest absolute Gasteiger partial charge is 0.504 e.